The molecule has 24 heavy (non-hydrogen) atoms. The molecule has 0 radical (unpaired) electrons. The van der Waals surface area contributed by atoms with E-state index in [4.69, 9.17) is 5.11 Å². The lowest BCUT2D eigenvalue weighted by Gasteiger charge is -2.25. The van der Waals surface area contributed by atoms with E-state index >= 15 is 0 Å². The third kappa shape index (κ3) is 4.55. The Morgan fingerprint density at radius 1 is 1.33 bits per heavy atom. The third-order valence-corrected chi connectivity index (χ3v) is 3.80. The maximum absolute atomic E-state index is 12.1. The fourth-order valence-electron chi connectivity index (χ4n) is 2.21. The molecule has 1 heterocycles. The van der Waals surface area contributed by atoms with E-state index < -0.39 is 5.97 Å². The number of rotatable bonds is 7. The Morgan fingerprint density at radius 3 is 2.62 bits per heavy atom. The normalized spacial score (nSPS) is 11.8. The van der Waals surface area contributed by atoms with E-state index in [0.29, 0.717) is 13.0 Å². The molecule has 128 valence electrons. The van der Waals surface area contributed by atoms with Gasteiger partial charge in [0.05, 0.1) is 11.7 Å². The van der Waals surface area contributed by atoms with Crippen LogP contribution >= 0.6 is 0 Å². The van der Waals surface area contributed by atoms with Gasteiger partial charge in [-0.25, -0.2) is 14.5 Å². The van der Waals surface area contributed by atoms with Gasteiger partial charge >= 0.3 is 12.0 Å². The number of urea groups is 1. The van der Waals surface area contributed by atoms with Crippen LogP contribution in [-0.4, -0.2) is 50.4 Å². The molecule has 2 N–H and O–H groups in total. The summed E-state index contributed by atoms with van der Waals surface area (Å²) < 4.78 is 1.66. The van der Waals surface area contributed by atoms with Gasteiger partial charge < -0.3 is 15.3 Å². The average Bonchev–Trinajstić information content (AvgIpc) is 3.11. The van der Waals surface area contributed by atoms with Gasteiger partial charge in [-0.1, -0.05) is 12.1 Å². The summed E-state index contributed by atoms with van der Waals surface area (Å²) in [5, 5.41) is 15.4. The lowest BCUT2D eigenvalue weighted by Crippen LogP contribution is -2.39. The monoisotopic (exact) mass is 331 g/mol. The van der Waals surface area contributed by atoms with E-state index in [1.54, 1.807) is 23.0 Å². The summed E-state index contributed by atoms with van der Waals surface area (Å²) in [5.41, 5.74) is 1.88. The number of carboxylic acid groups (broad SMARTS) is 1. The van der Waals surface area contributed by atoms with Crippen molar-refractivity contribution < 1.29 is 14.7 Å². The van der Waals surface area contributed by atoms with Gasteiger partial charge in [0.15, 0.2) is 0 Å². The van der Waals surface area contributed by atoms with Crippen molar-refractivity contribution in [1.29, 1.82) is 0 Å². The Kier molecular flexibility index (Phi) is 5.89. The van der Waals surface area contributed by atoms with Crippen LogP contribution in [0.2, 0.25) is 0 Å². The summed E-state index contributed by atoms with van der Waals surface area (Å²) in [6, 6.07) is 7.37. The van der Waals surface area contributed by atoms with Crippen molar-refractivity contribution in [2.75, 3.05) is 13.6 Å². The first kappa shape index (κ1) is 17.5. The quantitative estimate of drug-likeness (QED) is 0.754. The van der Waals surface area contributed by atoms with Crippen LogP contribution < -0.4 is 5.32 Å². The van der Waals surface area contributed by atoms with Crippen LogP contribution in [0.15, 0.2) is 36.9 Å². The van der Waals surface area contributed by atoms with Gasteiger partial charge in [-0.15, -0.1) is 0 Å². The summed E-state index contributed by atoms with van der Waals surface area (Å²) in [4.78, 5) is 28.0. The van der Waals surface area contributed by atoms with E-state index in [2.05, 4.69) is 15.4 Å². The highest BCUT2D eigenvalue weighted by molar-refractivity contribution is 5.74. The first-order valence-electron chi connectivity index (χ1n) is 7.66. The van der Waals surface area contributed by atoms with E-state index in [1.807, 2.05) is 31.2 Å². The van der Waals surface area contributed by atoms with Gasteiger partial charge in [0.2, 0.25) is 0 Å². The molecule has 0 aliphatic carbocycles. The largest absolute Gasteiger partial charge is 0.481 e. The number of hydrogen-bond donors (Lipinski definition) is 2. The van der Waals surface area contributed by atoms with E-state index in [0.717, 1.165) is 11.3 Å². The zero-order chi connectivity index (χ0) is 17.5. The minimum absolute atomic E-state index is 0.0449. The number of carbonyl (C=O) groups excluding carboxylic acids is 1. The summed E-state index contributed by atoms with van der Waals surface area (Å²) in [6.45, 7) is 2.27. The molecular formula is C16H21N5O3. The molecule has 0 saturated heterocycles. The minimum Gasteiger partial charge on any atom is -0.481 e. The van der Waals surface area contributed by atoms with Gasteiger partial charge in [-0.3, -0.25) is 4.79 Å². The molecular weight excluding hydrogens is 310 g/mol. The highest BCUT2D eigenvalue weighted by Crippen LogP contribution is 2.20. The summed E-state index contributed by atoms with van der Waals surface area (Å²) in [7, 11) is 1.71. The molecule has 0 spiro atoms. The molecule has 2 rings (SSSR count). The predicted molar refractivity (Wildman–Crippen MR) is 87.8 cm³/mol. The van der Waals surface area contributed by atoms with E-state index in [-0.39, 0.29) is 18.5 Å². The van der Waals surface area contributed by atoms with Crippen molar-refractivity contribution in [1.82, 2.24) is 25.0 Å². The van der Waals surface area contributed by atoms with Crippen LogP contribution in [0.25, 0.3) is 5.69 Å². The topological polar surface area (TPSA) is 100 Å². The number of amides is 2. The molecule has 0 aliphatic rings. The first-order valence-corrected chi connectivity index (χ1v) is 7.66. The number of hydrogen-bond acceptors (Lipinski definition) is 4. The number of nitrogens with zero attached hydrogens (tertiary/aromatic N) is 4. The van der Waals surface area contributed by atoms with Crippen LogP contribution in [0.3, 0.4) is 0 Å². The van der Waals surface area contributed by atoms with Crippen molar-refractivity contribution in [2.24, 2.45) is 0 Å². The molecule has 2 amide bonds. The Morgan fingerprint density at radius 2 is 2.04 bits per heavy atom. The summed E-state index contributed by atoms with van der Waals surface area (Å²) in [6.07, 6.45) is 3.55. The summed E-state index contributed by atoms with van der Waals surface area (Å²) in [5.74, 6) is -0.863. The maximum atomic E-state index is 12.1. The van der Waals surface area contributed by atoms with Crippen LogP contribution in [0, 0.1) is 0 Å². The van der Waals surface area contributed by atoms with Crippen LogP contribution in [-0.2, 0) is 4.79 Å². The van der Waals surface area contributed by atoms with Crippen molar-refractivity contribution in [2.45, 2.75) is 25.8 Å². The van der Waals surface area contributed by atoms with Gasteiger partial charge in [0.25, 0.3) is 0 Å². The highest BCUT2D eigenvalue weighted by atomic mass is 16.4. The standard InChI is InChI=1S/C16H21N5O3/c1-12(20(2)16(24)18-9-3-4-15(22)23)13-5-7-14(8-6-13)21-11-17-10-19-21/h5-8,10-12H,3-4,9H2,1-2H3,(H,18,24)(H,22,23). The molecule has 8 heteroatoms. The molecule has 8 nitrogen and oxygen atoms in total. The molecule has 0 bridgehead atoms. The second-order valence-corrected chi connectivity index (χ2v) is 5.45. The van der Waals surface area contributed by atoms with Crippen LogP contribution in [0.4, 0.5) is 4.79 Å². The molecule has 1 aromatic heterocycles. The number of nitrogens with one attached hydrogen (secondary N) is 1. The van der Waals surface area contributed by atoms with Crippen molar-refractivity contribution in [3.05, 3.63) is 42.5 Å². The fourth-order valence-corrected chi connectivity index (χ4v) is 2.21. The predicted octanol–water partition coefficient (Wildman–Crippen LogP) is 1.83. The fraction of sp³-hybridized carbons (Fsp3) is 0.375. The molecule has 0 aliphatic heterocycles. The molecule has 1 unspecified atom stereocenters. The SMILES string of the molecule is CC(c1ccc(-n2cncn2)cc1)N(C)C(=O)NCCCC(=O)O. The maximum Gasteiger partial charge on any atom is 0.317 e. The molecule has 0 fully saturated rings. The second-order valence-electron chi connectivity index (χ2n) is 5.45. The van der Waals surface area contributed by atoms with Gasteiger partial charge in [0, 0.05) is 20.0 Å². The lowest BCUT2D eigenvalue weighted by atomic mass is 10.1. The van der Waals surface area contributed by atoms with Crippen molar-refractivity contribution in [3.63, 3.8) is 0 Å². The van der Waals surface area contributed by atoms with Gasteiger partial charge in [0.1, 0.15) is 12.7 Å². The van der Waals surface area contributed by atoms with Crippen molar-refractivity contribution in [3.8, 4) is 5.69 Å². The Hall–Kier alpha value is -2.90. The average molecular weight is 331 g/mol. The number of carbonyl (C=O) groups is 2. The first-order chi connectivity index (χ1) is 11.5. The number of aromatic nitrogens is 3. The van der Waals surface area contributed by atoms with Crippen LogP contribution in [0.5, 0.6) is 0 Å². The number of carboxylic acids is 1. The number of aliphatic carboxylic acids is 1. The Bertz CT molecular complexity index is 670. The van der Waals surface area contributed by atoms with Crippen molar-refractivity contribution >= 4 is 12.0 Å². The highest BCUT2D eigenvalue weighted by Gasteiger charge is 2.17. The van der Waals surface area contributed by atoms with Crippen LogP contribution in [0.1, 0.15) is 31.4 Å². The van der Waals surface area contributed by atoms with Gasteiger partial charge in [-0.05, 0) is 31.0 Å². The summed E-state index contributed by atoms with van der Waals surface area (Å²) >= 11 is 0. The minimum atomic E-state index is -0.863. The van der Waals surface area contributed by atoms with E-state index in [1.165, 1.54) is 6.33 Å². The third-order valence-electron chi connectivity index (χ3n) is 3.80. The second kappa shape index (κ2) is 8.09. The van der Waals surface area contributed by atoms with E-state index in [9.17, 15) is 9.59 Å². The molecule has 1 atom stereocenters. The van der Waals surface area contributed by atoms with Gasteiger partial charge in [-0.2, -0.15) is 5.10 Å². The lowest BCUT2D eigenvalue weighted by molar-refractivity contribution is -0.137. The molecule has 1 aromatic carbocycles. The smallest absolute Gasteiger partial charge is 0.317 e. The Balaban J connectivity index is 1.91. The molecule has 0 saturated carbocycles. The number of benzene rings is 1. The zero-order valence-corrected chi connectivity index (χ0v) is 13.7. The Labute approximate surface area is 140 Å². The zero-order valence-electron chi connectivity index (χ0n) is 13.7. The molecule has 2 aromatic rings.